The highest BCUT2D eigenvalue weighted by Gasteiger charge is 2.51. The molecule has 4 heterocycles. The predicted molar refractivity (Wildman–Crippen MR) is 127 cm³/mol. The molecule has 1 aliphatic heterocycles. The average Bonchev–Trinajstić information content (AvgIpc) is 3.58. The standard InChI is InChI=1S/C25H25N5O4/c1-27-22-17-12-28-21(25(6-7-25)24(26)31)11-16(17)18(13-29-22)23-30-19-10-15(2-3-20(19)34-23)33-14-4-8-32-9-5-14/h2-3,10-14H,4-9H2,1H3,(H2,26,31)(H,27,29). The number of aromatic nitrogens is 3. The molecule has 1 saturated carbocycles. The largest absolute Gasteiger partial charge is 0.490 e. The van der Waals surface area contributed by atoms with Crippen LogP contribution in [-0.4, -0.2) is 47.2 Å². The number of pyridine rings is 2. The number of hydrogen-bond acceptors (Lipinski definition) is 8. The molecule has 2 aliphatic rings. The lowest BCUT2D eigenvalue weighted by Gasteiger charge is -2.23. The Hall–Kier alpha value is -3.72. The Kier molecular flexibility index (Phi) is 4.88. The zero-order valence-electron chi connectivity index (χ0n) is 18.8. The third-order valence-electron chi connectivity index (χ3n) is 6.78. The van der Waals surface area contributed by atoms with Crippen molar-refractivity contribution in [3.63, 3.8) is 0 Å². The SMILES string of the molecule is CNc1ncc(-c2nc3cc(OC4CCOCC4)ccc3o2)c2cc(C3(C(N)=O)CC3)ncc12. The second-order valence-electron chi connectivity index (χ2n) is 8.91. The van der Waals surface area contributed by atoms with E-state index in [-0.39, 0.29) is 12.0 Å². The van der Waals surface area contributed by atoms with Crippen LogP contribution >= 0.6 is 0 Å². The van der Waals surface area contributed by atoms with Crippen molar-refractivity contribution in [3.8, 4) is 17.2 Å². The fourth-order valence-electron chi connectivity index (χ4n) is 4.60. The maximum absolute atomic E-state index is 12.1. The van der Waals surface area contributed by atoms with Crippen LogP contribution in [0.25, 0.3) is 33.3 Å². The van der Waals surface area contributed by atoms with Crippen molar-refractivity contribution in [2.24, 2.45) is 5.73 Å². The topological polar surface area (TPSA) is 125 Å². The summed E-state index contributed by atoms with van der Waals surface area (Å²) >= 11 is 0. The summed E-state index contributed by atoms with van der Waals surface area (Å²) < 4.78 is 17.6. The van der Waals surface area contributed by atoms with Crippen LogP contribution in [0.4, 0.5) is 5.82 Å². The molecule has 1 aliphatic carbocycles. The molecule has 0 bridgehead atoms. The van der Waals surface area contributed by atoms with Gasteiger partial charge in [-0.25, -0.2) is 9.97 Å². The lowest BCUT2D eigenvalue weighted by molar-refractivity contribution is -0.120. The maximum atomic E-state index is 12.1. The summed E-state index contributed by atoms with van der Waals surface area (Å²) in [7, 11) is 1.81. The Morgan fingerprint density at radius 1 is 1.15 bits per heavy atom. The van der Waals surface area contributed by atoms with Crippen LogP contribution in [0.5, 0.6) is 5.75 Å². The van der Waals surface area contributed by atoms with E-state index in [1.54, 1.807) is 19.4 Å². The molecule has 174 valence electrons. The van der Waals surface area contributed by atoms with E-state index < -0.39 is 5.41 Å². The fraction of sp³-hybridized carbons (Fsp3) is 0.360. The van der Waals surface area contributed by atoms with Gasteiger partial charge in [-0.1, -0.05) is 0 Å². The summed E-state index contributed by atoms with van der Waals surface area (Å²) in [6.07, 6.45) is 6.77. The van der Waals surface area contributed by atoms with Gasteiger partial charge in [0, 0.05) is 49.1 Å². The monoisotopic (exact) mass is 459 g/mol. The maximum Gasteiger partial charge on any atom is 0.229 e. The van der Waals surface area contributed by atoms with E-state index in [1.807, 2.05) is 24.3 Å². The minimum absolute atomic E-state index is 0.144. The quantitative estimate of drug-likeness (QED) is 0.448. The van der Waals surface area contributed by atoms with Crippen molar-refractivity contribution >= 4 is 33.6 Å². The van der Waals surface area contributed by atoms with Crippen LogP contribution in [0.2, 0.25) is 0 Å². The van der Waals surface area contributed by atoms with Gasteiger partial charge in [0.15, 0.2) is 5.58 Å². The van der Waals surface area contributed by atoms with Gasteiger partial charge in [-0.15, -0.1) is 0 Å². The number of carbonyl (C=O) groups excluding carboxylic acids is 1. The van der Waals surface area contributed by atoms with Gasteiger partial charge in [-0.3, -0.25) is 9.78 Å². The van der Waals surface area contributed by atoms with Crippen LogP contribution in [0, 0.1) is 0 Å². The highest BCUT2D eigenvalue weighted by atomic mass is 16.5. The number of fused-ring (bicyclic) bond motifs is 2. The van der Waals surface area contributed by atoms with E-state index in [9.17, 15) is 4.79 Å². The van der Waals surface area contributed by atoms with E-state index in [4.69, 9.17) is 24.6 Å². The third-order valence-corrected chi connectivity index (χ3v) is 6.78. The molecule has 9 nitrogen and oxygen atoms in total. The number of oxazole rings is 1. The van der Waals surface area contributed by atoms with Gasteiger partial charge < -0.3 is 24.9 Å². The van der Waals surface area contributed by atoms with Crippen molar-refractivity contribution in [1.82, 2.24) is 15.0 Å². The summed E-state index contributed by atoms with van der Waals surface area (Å²) in [4.78, 5) is 25.9. The van der Waals surface area contributed by atoms with Crippen molar-refractivity contribution in [2.75, 3.05) is 25.6 Å². The van der Waals surface area contributed by atoms with E-state index in [2.05, 4.69) is 15.3 Å². The second kappa shape index (κ2) is 7.95. The number of primary amides is 1. The molecule has 34 heavy (non-hydrogen) atoms. The summed E-state index contributed by atoms with van der Waals surface area (Å²) in [5, 5.41) is 4.76. The van der Waals surface area contributed by atoms with Gasteiger partial charge in [-0.05, 0) is 31.0 Å². The zero-order valence-corrected chi connectivity index (χ0v) is 18.8. The molecule has 1 amide bonds. The number of anilines is 1. The highest BCUT2D eigenvalue weighted by molar-refractivity contribution is 6.01. The van der Waals surface area contributed by atoms with Gasteiger partial charge in [0.2, 0.25) is 11.8 Å². The number of amides is 1. The van der Waals surface area contributed by atoms with Crippen LogP contribution in [0.1, 0.15) is 31.4 Å². The first kappa shape index (κ1) is 20.9. The summed E-state index contributed by atoms with van der Waals surface area (Å²) in [6, 6.07) is 7.59. The molecular weight excluding hydrogens is 434 g/mol. The van der Waals surface area contributed by atoms with Gasteiger partial charge in [0.1, 0.15) is 23.2 Å². The number of ether oxygens (including phenoxy) is 2. The van der Waals surface area contributed by atoms with Crippen molar-refractivity contribution < 1.29 is 18.7 Å². The number of nitrogens with zero attached hydrogens (tertiary/aromatic N) is 3. The molecular formula is C25H25N5O4. The van der Waals surface area contributed by atoms with Gasteiger partial charge in [0.05, 0.1) is 29.9 Å². The van der Waals surface area contributed by atoms with Crippen LogP contribution in [0.15, 0.2) is 41.1 Å². The lowest BCUT2D eigenvalue weighted by atomic mass is 9.98. The van der Waals surface area contributed by atoms with Crippen LogP contribution < -0.4 is 15.8 Å². The molecule has 4 aromatic rings. The van der Waals surface area contributed by atoms with Crippen molar-refractivity contribution in [2.45, 2.75) is 37.2 Å². The normalized spacial score (nSPS) is 17.7. The number of hydrogen-bond donors (Lipinski definition) is 2. The first-order chi connectivity index (χ1) is 16.6. The van der Waals surface area contributed by atoms with E-state index >= 15 is 0 Å². The molecule has 0 spiro atoms. The minimum atomic E-state index is -0.688. The van der Waals surface area contributed by atoms with E-state index in [0.29, 0.717) is 41.3 Å². The zero-order chi connectivity index (χ0) is 23.3. The Morgan fingerprint density at radius 2 is 1.97 bits per heavy atom. The summed E-state index contributed by atoms with van der Waals surface area (Å²) in [5.74, 6) is 1.54. The van der Waals surface area contributed by atoms with Crippen molar-refractivity contribution in [1.29, 1.82) is 0 Å². The molecule has 1 saturated heterocycles. The van der Waals surface area contributed by atoms with Crippen LogP contribution in [0.3, 0.4) is 0 Å². The molecule has 3 N–H and O–H groups in total. The van der Waals surface area contributed by atoms with E-state index in [0.717, 1.165) is 48.1 Å². The molecule has 0 unspecified atom stereocenters. The smallest absolute Gasteiger partial charge is 0.229 e. The highest BCUT2D eigenvalue weighted by Crippen LogP contribution is 2.48. The fourth-order valence-corrected chi connectivity index (χ4v) is 4.60. The number of rotatable bonds is 6. The van der Waals surface area contributed by atoms with Crippen LogP contribution in [-0.2, 0) is 14.9 Å². The predicted octanol–water partition coefficient (Wildman–Crippen LogP) is 3.55. The first-order valence-corrected chi connectivity index (χ1v) is 11.5. The number of nitrogens with two attached hydrogens (primary N) is 1. The molecule has 6 rings (SSSR count). The average molecular weight is 460 g/mol. The number of carbonyl (C=O) groups is 1. The summed E-state index contributed by atoms with van der Waals surface area (Å²) in [5.41, 5.74) is 7.76. The molecule has 1 aromatic carbocycles. The van der Waals surface area contributed by atoms with Crippen molar-refractivity contribution in [3.05, 3.63) is 42.4 Å². The second-order valence-corrected chi connectivity index (χ2v) is 8.91. The minimum Gasteiger partial charge on any atom is -0.490 e. The van der Waals surface area contributed by atoms with Gasteiger partial charge in [0.25, 0.3) is 0 Å². The van der Waals surface area contributed by atoms with E-state index in [1.165, 1.54) is 0 Å². The molecule has 9 heteroatoms. The molecule has 0 radical (unpaired) electrons. The first-order valence-electron chi connectivity index (χ1n) is 11.5. The lowest BCUT2D eigenvalue weighted by Crippen LogP contribution is -2.29. The van der Waals surface area contributed by atoms with Gasteiger partial charge in [-0.2, -0.15) is 0 Å². The molecule has 0 atom stereocenters. The van der Waals surface area contributed by atoms with Gasteiger partial charge >= 0.3 is 0 Å². The Bertz CT molecular complexity index is 1410. The third kappa shape index (κ3) is 3.43. The summed E-state index contributed by atoms with van der Waals surface area (Å²) in [6.45, 7) is 1.44. The Balaban J connectivity index is 1.42. The molecule has 3 aromatic heterocycles. The molecule has 2 fully saturated rings. The number of benzene rings is 1. The number of nitrogens with one attached hydrogen (secondary N) is 1. The Labute approximate surface area is 195 Å². The Morgan fingerprint density at radius 3 is 2.71 bits per heavy atom.